The van der Waals surface area contributed by atoms with E-state index < -0.39 is 0 Å². The number of hydrogen-bond acceptors (Lipinski definition) is 4. The zero-order valence-electron chi connectivity index (χ0n) is 9.37. The molecule has 0 aromatic carbocycles. The van der Waals surface area contributed by atoms with Crippen LogP contribution in [0.3, 0.4) is 0 Å². The lowest BCUT2D eigenvalue weighted by Gasteiger charge is -2.15. The van der Waals surface area contributed by atoms with Gasteiger partial charge in [0.05, 0.1) is 0 Å². The van der Waals surface area contributed by atoms with Crippen LogP contribution in [0.1, 0.15) is 43.9 Å². The van der Waals surface area contributed by atoms with Crippen LogP contribution in [0.5, 0.6) is 0 Å². The van der Waals surface area contributed by atoms with Crippen molar-refractivity contribution in [3.8, 4) is 0 Å². The average Bonchev–Trinajstić information content (AvgIpc) is 2.64. The summed E-state index contributed by atoms with van der Waals surface area (Å²) in [6.45, 7) is 6.52. The molecule has 80 valence electrons. The van der Waals surface area contributed by atoms with Gasteiger partial charge in [0, 0.05) is 18.4 Å². The van der Waals surface area contributed by atoms with Gasteiger partial charge >= 0.3 is 0 Å². The van der Waals surface area contributed by atoms with Crippen molar-refractivity contribution in [2.75, 3.05) is 7.05 Å². The second kappa shape index (κ2) is 5.41. The number of rotatable bonds is 5. The summed E-state index contributed by atoms with van der Waals surface area (Å²) in [5.74, 6) is 1.45. The minimum absolute atomic E-state index is 0.447. The molecule has 0 saturated heterocycles. The minimum atomic E-state index is 0.447. The van der Waals surface area contributed by atoms with Gasteiger partial charge in [-0.15, -0.1) is 0 Å². The van der Waals surface area contributed by atoms with Gasteiger partial charge in [-0.1, -0.05) is 13.8 Å². The quantitative estimate of drug-likeness (QED) is 0.815. The maximum atomic E-state index is 4.54. The lowest BCUT2D eigenvalue weighted by Crippen LogP contribution is -2.27. The predicted molar refractivity (Wildman–Crippen MR) is 60.8 cm³/mol. The highest BCUT2D eigenvalue weighted by atomic mass is 32.1. The van der Waals surface area contributed by atoms with Crippen molar-refractivity contribution in [1.82, 2.24) is 14.7 Å². The van der Waals surface area contributed by atoms with Crippen LogP contribution >= 0.6 is 11.5 Å². The highest BCUT2D eigenvalue weighted by molar-refractivity contribution is 7.05. The highest BCUT2D eigenvalue weighted by Crippen LogP contribution is 2.20. The van der Waals surface area contributed by atoms with Crippen LogP contribution in [-0.2, 0) is 6.42 Å². The third-order valence-corrected chi connectivity index (χ3v) is 3.50. The molecule has 1 rings (SSSR count). The fourth-order valence-electron chi connectivity index (χ4n) is 1.24. The van der Waals surface area contributed by atoms with Gasteiger partial charge in [0.25, 0.3) is 0 Å². The van der Waals surface area contributed by atoms with Crippen molar-refractivity contribution >= 4 is 11.5 Å². The standard InChI is InChI=1S/C10H19N3S/c1-5-6-9-12-10(14-13-9)7(2)8(3)11-4/h7-8,11H,5-6H2,1-4H3. The van der Waals surface area contributed by atoms with Gasteiger partial charge in [0.15, 0.2) is 0 Å². The Labute approximate surface area is 90.1 Å². The molecule has 1 heterocycles. The second-order valence-electron chi connectivity index (χ2n) is 3.66. The molecule has 1 aromatic heterocycles. The van der Waals surface area contributed by atoms with E-state index in [-0.39, 0.29) is 0 Å². The monoisotopic (exact) mass is 213 g/mol. The molecule has 0 bridgehead atoms. The molecule has 0 aliphatic carbocycles. The third kappa shape index (κ3) is 2.75. The molecular weight excluding hydrogens is 194 g/mol. The van der Waals surface area contributed by atoms with Crippen LogP contribution in [-0.4, -0.2) is 22.4 Å². The van der Waals surface area contributed by atoms with Gasteiger partial charge in [0.1, 0.15) is 10.8 Å². The van der Waals surface area contributed by atoms with E-state index in [0.29, 0.717) is 12.0 Å². The van der Waals surface area contributed by atoms with Crippen LogP contribution < -0.4 is 5.32 Å². The summed E-state index contributed by atoms with van der Waals surface area (Å²) in [6, 6.07) is 0.456. The van der Waals surface area contributed by atoms with Crippen LogP contribution in [0.15, 0.2) is 0 Å². The van der Waals surface area contributed by atoms with E-state index in [1.807, 2.05) is 7.05 Å². The van der Waals surface area contributed by atoms with Crippen LogP contribution in [0, 0.1) is 0 Å². The maximum absolute atomic E-state index is 4.54. The predicted octanol–water partition coefficient (Wildman–Crippen LogP) is 2.20. The molecule has 4 heteroatoms. The van der Waals surface area contributed by atoms with E-state index in [9.17, 15) is 0 Å². The third-order valence-electron chi connectivity index (χ3n) is 2.55. The van der Waals surface area contributed by atoms with Gasteiger partial charge in [-0.25, -0.2) is 4.98 Å². The molecule has 0 amide bonds. The van der Waals surface area contributed by atoms with E-state index in [0.717, 1.165) is 23.7 Å². The van der Waals surface area contributed by atoms with Crippen LogP contribution in [0.2, 0.25) is 0 Å². The lowest BCUT2D eigenvalue weighted by molar-refractivity contribution is 0.521. The molecule has 0 aliphatic rings. The number of likely N-dealkylation sites (N-methyl/N-ethyl adjacent to an activating group) is 1. The Morgan fingerprint density at radius 3 is 2.71 bits per heavy atom. The molecule has 0 fully saturated rings. The molecule has 0 spiro atoms. The smallest absolute Gasteiger partial charge is 0.142 e. The molecule has 0 aliphatic heterocycles. The van der Waals surface area contributed by atoms with Crippen LogP contribution in [0.25, 0.3) is 0 Å². The van der Waals surface area contributed by atoms with Crippen molar-refractivity contribution in [2.45, 2.75) is 45.6 Å². The average molecular weight is 213 g/mol. The lowest BCUT2D eigenvalue weighted by atomic mass is 10.1. The summed E-state index contributed by atoms with van der Waals surface area (Å²) in [4.78, 5) is 4.54. The first kappa shape index (κ1) is 11.6. The molecule has 0 saturated carbocycles. The van der Waals surface area contributed by atoms with E-state index in [2.05, 4.69) is 35.4 Å². The summed E-state index contributed by atoms with van der Waals surface area (Å²) in [6.07, 6.45) is 2.11. The van der Waals surface area contributed by atoms with Gasteiger partial charge in [-0.2, -0.15) is 4.37 Å². The number of nitrogens with one attached hydrogen (secondary N) is 1. The Morgan fingerprint density at radius 2 is 2.14 bits per heavy atom. The van der Waals surface area contributed by atoms with Gasteiger partial charge < -0.3 is 5.32 Å². The van der Waals surface area contributed by atoms with E-state index in [4.69, 9.17) is 0 Å². The fraction of sp³-hybridized carbons (Fsp3) is 0.800. The molecule has 1 N–H and O–H groups in total. The summed E-state index contributed by atoms with van der Waals surface area (Å²) < 4.78 is 4.35. The summed E-state index contributed by atoms with van der Waals surface area (Å²) in [7, 11) is 1.98. The largest absolute Gasteiger partial charge is 0.317 e. The normalized spacial score (nSPS) is 15.4. The highest BCUT2D eigenvalue weighted by Gasteiger charge is 2.16. The molecule has 14 heavy (non-hydrogen) atoms. The number of nitrogens with zero attached hydrogens (tertiary/aromatic N) is 2. The van der Waals surface area contributed by atoms with Crippen molar-refractivity contribution in [3.05, 3.63) is 10.8 Å². The van der Waals surface area contributed by atoms with Gasteiger partial charge in [0.2, 0.25) is 0 Å². The zero-order chi connectivity index (χ0) is 10.6. The number of hydrogen-bond donors (Lipinski definition) is 1. The molecular formula is C10H19N3S. The van der Waals surface area contributed by atoms with E-state index >= 15 is 0 Å². The van der Waals surface area contributed by atoms with Gasteiger partial charge in [-0.3, -0.25) is 0 Å². The van der Waals surface area contributed by atoms with Crippen LogP contribution in [0.4, 0.5) is 0 Å². The Morgan fingerprint density at radius 1 is 1.43 bits per heavy atom. The molecule has 2 atom stereocenters. The maximum Gasteiger partial charge on any atom is 0.142 e. The Balaban J connectivity index is 2.65. The SMILES string of the molecule is CCCc1nsc(C(C)C(C)NC)n1. The summed E-state index contributed by atoms with van der Waals surface area (Å²) in [5.41, 5.74) is 0. The van der Waals surface area contributed by atoms with E-state index in [1.54, 1.807) is 11.5 Å². The Kier molecular flexibility index (Phi) is 4.48. The Bertz CT molecular complexity index is 272. The number of aryl methyl sites for hydroxylation is 1. The zero-order valence-corrected chi connectivity index (χ0v) is 10.2. The van der Waals surface area contributed by atoms with Crippen molar-refractivity contribution in [3.63, 3.8) is 0 Å². The molecule has 1 aromatic rings. The first-order valence-corrected chi connectivity index (χ1v) is 5.96. The first-order valence-electron chi connectivity index (χ1n) is 5.18. The second-order valence-corrected chi connectivity index (χ2v) is 4.45. The van der Waals surface area contributed by atoms with E-state index in [1.165, 1.54) is 0 Å². The van der Waals surface area contributed by atoms with Crippen molar-refractivity contribution in [1.29, 1.82) is 0 Å². The Hall–Kier alpha value is -0.480. The first-order chi connectivity index (χ1) is 6.69. The van der Waals surface area contributed by atoms with Gasteiger partial charge in [-0.05, 0) is 31.9 Å². The summed E-state index contributed by atoms with van der Waals surface area (Å²) in [5, 5.41) is 4.39. The topological polar surface area (TPSA) is 37.8 Å². The minimum Gasteiger partial charge on any atom is -0.317 e. The summed E-state index contributed by atoms with van der Waals surface area (Å²) >= 11 is 1.54. The molecule has 2 unspecified atom stereocenters. The van der Waals surface area contributed by atoms with Crippen molar-refractivity contribution < 1.29 is 0 Å². The van der Waals surface area contributed by atoms with Crippen molar-refractivity contribution in [2.24, 2.45) is 0 Å². The number of aromatic nitrogens is 2. The molecule has 3 nitrogen and oxygen atoms in total. The molecule has 0 radical (unpaired) electrons. The fourth-order valence-corrected chi connectivity index (χ4v) is 2.09.